The van der Waals surface area contributed by atoms with Gasteiger partial charge in [0, 0.05) is 6.54 Å². The molecule has 0 aromatic rings. The van der Waals surface area contributed by atoms with Crippen molar-refractivity contribution in [3.63, 3.8) is 0 Å². The van der Waals surface area contributed by atoms with Gasteiger partial charge in [0.1, 0.15) is 18.1 Å². The van der Waals surface area contributed by atoms with E-state index in [1.54, 1.807) is 27.7 Å². The second kappa shape index (κ2) is 16.7. The molecule has 0 aromatic heterocycles. The van der Waals surface area contributed by atoms with E-state index in [4.69, 9.17) is 22.9 Å². The average Bonchev–Trinajstić information content (AvgIpc) is 2.76. The van der Waals surface area contributed by atoms with Gasteiger partial charge in [-0.15, -0.1) is 0 Å². The minimum atomic E-state index is -1.17. The van der Waals surface area contributed by atoms with Crippen molar-refractivity contribution in [3.8, 4) is 0 Å². The highest BCUT2D eigenvalue weighted by molar-refractivity contribution is 5.94. The number of carbonyl (C=O) groups is 4. The van der Waals surface area contributed by atoms with E-state index in [2.05, 4.69) is 20.9 Å². The zero-order valence-corrected chi connectivity index (χ0v) is 21.3. The second-order valence-corrected chi connectivity index (χ2v) is 9.20. The van der Waals surface area contributed by atoms with Gasteiger partial charge in [0.15, 0.2) is 5.96 Å². The molecule has 0 radical (unpaired) electrons. The summed E-state index contributed by atoms with van der Waals surface area (Å²) < 4.78 is 0. The number of unbranched alkanes of at least 4 members (excludes halogenated alkanes) is 1. The van der Waals surface area contributed by atoms with Crippen LogP contribution in [0.2, 0.25) is 0 Å². The number of nitrogens with zero attached hydrogens (tertiary/aromatic N) is 1. The third kappa shape index (κ3) is 12.9. The zero-order chi connectivity index (χ0) is 27.1. The summed E-state index contributed by atoms with van der Waals surface area (Å²) in [5.74, 6) is -3.56. The van der Waals surface area contributed by atoms with E-state index in [-0.39, 0.29) is 24.2 Å². The highest BCUT2D eigenvalue weighted by Gasteiger charge is 2.32. The summed E-state index contributed by atoms with van der Waals surface area (Å²) in [5, 5.41) is 17.2. The first-order chi connectivity index (χ1) is 16.3. The lowest BCUT2D eigenvalue weighted by Crippen LogP contribution is -2.58. The first-order valence-corrected chi connectivity index (χ1v) is 12.0. The molecule has 13 nitrogen and oxygen atoms in total. The monoisotopic (exact) mass is 500 g/mol. The van der Waals surface area contributed by atoms with Crippen LogP contribution in [-0.4, -0.2) is 72.0 Å². The first kappa shape index (κ1) is 32.1. The number of carboxylic acid groups (broad SMARTS) is 1. The standard InChI is InChI=1S/C22H44N8O5/c1-12(2)16(29-18(31)14(24)8-7-11-27-22(25)26)20(33)28-15(9-5-6-10-23)19(32)30-17(13(3)4)21(34)35/h12-17H,5-11,23-24H2,1-4H3,(H,28,33)(H,29,31)(H,30,32)(H,34,35)(H4,25,26,27). The summed E-state index contributed by atoms with van der Waals surface area (Å²) in [4.78, 5) is 53.8. The van der Waals surface area contributed by atoms with Crippen LogP contribution in [0.3, 0.4) is 0 Å². The Hall–Kier alpha value is -2.93. The smallest absolute Gasteiger partial charge is 0.326 e. The molecule has 0 aliphatic heterocycles. The Kier molecular flexibility index (Phi) is 15.3. The third-order valence-electron chi connectivity index (χ3n) is 5.36. The van der Waals surface area contributed by atoms with Crippen molar-refractivity contribution in [2.45, 2.75) is 84.0 Å². The van der Waals surface area contributed by atoms with Gasteiger partial charge >= 0.3 is 5.97 Å². The van der Waals surface area contributed by atoms with Gasteiger partial charge < -0.3 is 44.0 Å². The van der Waals surface area contributed by atoms with Crippen LogP contribution in [0.4, 0.5) is 0 Å². The fourth-order valence-electron chi connectivity index (χ4n) is 3.24. The van der Waals surface area contributed by atoms with E-state index in [1.807, 2.05) is 0 Å². The Bertz CT molecular complexity index is 725. The van der Waals surface area contributed by atoms with E-state index in [0.717, 1.165) is 0 Å². The minimum Gasteiger partial charge on any atom is -0.480 e. The number of carboxylic acids is 1. The van der Waals surface area contributed by atoms with Gasteiger partial charge in [-0.3, -0.25) is 19.4 Å². The van der Waals surface area contributed by atoms with Crippen molar-refractivity contribution in [2.75, 3.05) is 13.1 Å². The predicted octanol–water partition coefficient (Wildman–Crippen LogP) is -1.65. The molecule has 13 heteroatoms. The minimum absolute atomic E-state index is 0.0484. The van der Waals surface area contributed by atoms with Gasteiger partial charge in [-0.2, -0.15) is 0 Å². The molecule has 0 aromatic carbocycles. The molecule has 12 N–H and O–H groups in total. The molecule has 0 heterocycles. The average molecular weight is 501 g/mol. The molecule has 0 bridgehead atoms. The van der Waals surface area contributed by atoms with Gasteiger partial charge in [-0.25, -0.2) is 4.79 Å². The number of aliphatic carboxylic acids is 1. The van der Waals surface area contributed by atoms with Crippen LogP contribution in [0, 0.1) is 11.8 Å². The maximum atomic E-state index is 13.0. The van der Waals surface area contributed by atoms with Gasteiger partial charge in [0.25, 0.3) is 0 Å². The molecule has 4 atom stereocenters. The molecule has 202 valence electrons. The SMILES string of the molecule is CC(C)C(NC(=O)C(CCCCN)NC(=O)C(NC(=O)C(N)CCCN=C(N)N)C(C)C)C(=O)O. The quantitative estimate of drug-likeness (QED) is 0.0646. The lowest BCUT2D eigenvalue weighted by atomic mass is 10.00. The lowest BCUT2D eigenvalue weighted by molar-refractivity contribution is -0.143. The Morgan fingerprint density at radius 2 is 1.37 bits per heavy atom. The van der Waals surface area contributed by atoms with E-state index < -0.39 is 47.9 Å². The first-order valence-electron chi connectivity index (χ1n) is 12.0. The largest absolute Gasteiger partial charge is 0.480 e. The van der Waals surface area contributed by atoms with Crippen molar-refractivity contribution < 1.29 is 24.3 Å². The number of nitrogens with one attached hydrogen (secondary N) is 3. The Balaban J connectivity index is 5.32. The molecule has 0 saturated heterocycles. The molecule has 0 aliphatic rings. The molecule has 3 amide bonds. The van der Waals surface area contributed by atoms with Crippen LogP contribution in [0.5, 0.6) is 0 Å². The highest BCUT2D eigenvalue weighted by Crippen LogP contribution is 2.09. The normalized spacial score (nSPS) is 14.5. The molecular formula is C22H44N8O5. The molecule has 0 spiro atoms. The van der Waals surface area contributed by atoms with E-state index >= 15 is 0 Å². The summed E-state index contributed by atoms with van der Waals surface area (Å²) in [5.41, 5.74) is 22.0. The summed E-state index contributed by atoms with van der Waals surface area (Å²) in [6.07, 6.45) is 2.24. The number of rotatable bonds is 17. The van der Waals surface area contributed by atoms with Crippen LogP contribution < -0.4 is 38.9 Å². The van der Waals surface area contributed by atoms with E-state index in [1.165, 1.54) is 0 Å². The van der Waals surface area contributed by atoms with Crippen molar-refractivity contribution >= 4 is 29.7 Å². The highest BCUT2D eigenvalue weighted by atomic mass is 16.4. The van der Waals surface area contributed by atoms with Crippen LogP contribution in [-0.2, 0) is 19.2 Å². The zero-order valence-electron chi connectivity index (χ0n) is 21.3. The van der Waals surface area contributed by atoms with Gasteiger partial charge in [0.05, 0.1) is 6.04 Å². The van der Waals surface area contributed by atoms with Crippen LogP contribution in [0.15, 0.2) is 4.99 Å². The number of hydrogen-bond donors (Lipinski definition) is 8. The number of carbonyl (C=O) groups excluding carboxylic acids is 3. The summed E-state index contributed by atoms with van der Waals surface area (Å²) in [6, 6.07) is -3.91. The topological polar surface area (TPSA) is 241 Å². The summed E-state index contributed by atoms with van der Waals surface area (Å²) >= 11 is 0. The fraction of sp³-hybridized carbons (Fsp3) is 0.773. The van der Waals surface area contributed by atoms with Gasteiger partial charge in [-0.05, 0) is 50.5 Å². The fourth-order valence-corrected chi connectivity index (χ4v) is 3.24. The number of guanidine groups is 1. The molecule has 0 aliphatic carbocycles. The third-order valence-corrected chi connectivity index (χ3v) is 5.36. The number of amides is 3. The van der Waals surface area contributed by atoms with E-state index in [0.29, 0.717) is 38.8 Å². The molecule has 0 rings (SSSR count). The number of aliphatic imine (C=N–C) groups is 1. The van der Waals surface area contributed by atoms with Gasteiger partial charge in [-0.1, -0.05) is 27.7 Å². The molecule has 4 unspecified atom stereocenters. The van der Waals surface area contributed by atoms with Crippen molar-refractivity contribution in [2.24, 2.45) is 39.8 Å². The van der Waals surface area contributed by atoms with Gasteiger partial charge in [0.2, 0.25) is 17.7 Å². The molecule has 0 fully saturated rings. The van der Waals surface area contributed by atoms with Crippen molar-refractivity contribution in [3.05, 3.63) is 0 Å². The van der Waals surface area contributed by atoms with Crippen LogP contribution in [0.25, 0.3) is 0 Å². The van der Waals surface area contributed by atoms with Crippen LogP contribution in [0.1, 0.15) is 59.8 Å². The van der Waals surface area contributed by atoms with Crippen molar-refractivity contribution in [1.29, 1.82) is 0 Å². The summed E-state index contributed by atoms with van der Waals surface area (Å²) in [6.45, 7) is 7.58. The number of hydrogen-bond acceptors (Lipinski definition) is 7. The Morgan fingerprint density at radius 1 is 0.800 bits per heavy atom. The lowest BCUT2D eigenvalue weighted by Gasteiger charge is -2.27. The molecule has 35 heavy (non-hydrogen) atoms. The second-order valence-electron chi connectivity index (χ2n) is 9.20. The Morgan fingerprint density at radius 3 is 1.86 bits per heavy atom. The van der Waals surface area contributed by atoms with E-state index in [9.17, 15) is 24.3 Å². The summed E-state index contributed by atoms with van der Waals surface area (Å²) in [7, 11) is 0. The van der Waals surface area contributed by atoms with Crippen LogP contribution >= 0.6 is 0 Å². The predicted molar refractivity (Wildman–Crippen MR) is 134 cm³/mol. The Labute approximate surface area is 207 Å². The molecular weight excluding hydrogens is 456 g/mol. The van der Waals surface area contributed by atoms with Crippen molar-refractivity contribution in [1.82, 2.24) is 16.0 Å². The number of nitrogens with two attached hydrogens (primary N) is 4. The molecule has 0 saturated carbocycles. The maximum Gasteiger partial charge on any atom is 0.326 e. The maximum absolute atomic E-state index is 13.0.